The Morgan fingerprint density at radius 2 is 1.79 bits per heavy atom. The predicted octanol–water partition coefficient (Wildman–Crippen LogP) is 4.93. The molecule has 1 aliphatic heterocycles. The van der Waals surface area contributed by atoms with Crippen LogP contribution < -0.4 is 4.90 Å². The van der Waals surface area contributed by atoms with Crippen molar-refractivity contribution < 1.29 is 24.2 Å². The van der Waals surface area contributed by atoms with Gasteiger partial charge in [0.05, 0.1) is 23.3 Å². The highest BCUT2D eigenvalue weighted by Crippen LogP contribution is 2.42. The molecule has 1 unspecified atom stereocenters. The lowest BCUT2D eigenvalue weighted by molar-refractivity contribution is -0.132. The first-order valence-corrected chi connectivity index (χ1v) is 10.9. The lowest BCUT2D eigenvalue weighted by Gasteiger charge is -2.25. The van der Waals surface area contributed by atoms with Gasteiger partial charge < -0.3 is 9.84 Å². The van der Waals surface area contributed by atoms with Crippen LogP contribution in [0.2, 0.25) is 5.02 Å². The van der Waals surface area contributed by atoms with Crippen LogP contribution in [0, 0.1) is 0 Å². The van der Waals surface area contributed by atoms with Crippen LogP contribution in [-0.2, 0) is 14.3 Å². The molecule has 7 nitrogen and oxygen atoms in total. The monoisotopic (exact) mass is 476 g/mol. The minimum absolute atomic E-state index is 0.0800. The van der Waals surface area contributed by atoms with Gasteiger partial charge in [-0.2, -0.15) is 0 Å². The van der Waals surface area contributed by atoms with E-state index in [1.54, 1.807) is 62.5 Å². The zero-order valence-electron chi connectivity index (χ0n) is 18.4. The van der Waals surface area contributed by atoms with Gasteiger partial charge in [0.2, 0.25) is 0 Å². The van der Waals surface area contributed by atoms with Gasteiger partial charge in [-0.15, -0.1) is 0 Å². The Labute approximate surface area is 201 Å². The van der Waals surface area contributed by atoms with Gasteiger partial charge in [-0.05, 0) is 61.9 Å². The molecule has 0 saturated carbocycles. The molecule has 8 heteroatoms. The molecule has 2 heterocycles. The SMILES string of the molecule is CC(C)OC(=O)c1ccc(N2C(=O)C(=O)/C(=C(/O)c3cccc(Cl)c3)C2c2cccnc2)cc1. The maximum absolute atomic E-state index is 13.2. The summed E-state index contributed by atoms with van der Waals surface area (Å²) in [4.78, 5) is 43.9. The maximum Gasteiger partial charge on any atom is 0.338 e. The summed E-state index contributed by atoms with van der Waals surface area (Å²) in [6.07, 6.45) is 2.83. The summed E-state index contributed by atoms with van der Waals surface area (Å²) in [5.74, 6) is -2.48. The van der Waals surface area contributed by atoms with Crippen molar-refractivity contribution in [2.24, 2.45) is 0 Å². The number of aliphatic hydroxyl groups excluding tert-OH is 1. The van der Waals surface area contributed by atoms with Crippen LogP contribution in [0.1, 0.15) is 41.4 Å². The molecule has 1 aromatic heterocycles. The second kappa shape index (κ2) is 9.49. The van der Waals surface area contributed by atoms with Crippen molar-refractivity contribution in [2.75, 3.05) is 4.90 Å². The molecule has 2 aromatic carbocycles. The summed E-state index contributed by atoms with van der Waals surface area (Å²) >= 11 is 6.07. The zero-order valence-corrected chi connectivity index (χ0v) is 19.2. The standard InChI is InChI=1S/C26H21ClN2O5/c1-15(2)34-26(33)16-8-10-20(11-9-16)29-22(18-6-4-12-28-14-18)21(24(31)25(29)32)23(30)17-5-3-7-19(27)13-17/h3-15,22,30H,1-2H3/b23-21+. The lowest BCUT2D eigenvalue weighted by Crippen LogP contribution is -2.29. The molecule has 1 aliphatic rings. The number of hydrogen-bond acceptors (Lipinski definition) is 6. The number of aliphatic hydroxyl groups is 1. The van der Waals surface area contributed by atoms with E-state index in [0.717, 1.165) is 0 Å². The van der Waals surface area contributed by atoms with Gasteiger partial charge in [0.25, 0.3) is 11.7 Å². The minimum atomic E-state index is -0.929. The number of ketones is 1. The summed E-state index contributed by atoms with van der Waals surface area (Å²) < 4.78 is 5.20. The van der Waals surface area contributed by atoms with Gasteiger partial charge >= 0.3 is 5.97 Å². The normalized spacial score (nSPS) is 17.3. The number of rotatable bonds is 5. The molecule has 34 heavy (non-hydrogen) atoms. The summed E-state index contributed by atoms with van der Waals surface area (Å²) in [6, 6.07) is 15.0. The van der Waals surface area contributed by atoms with E-state index in [2.05, 4.69) is 4.98 Å². The van der Waals surface area contributed by atoms with Crippen molar-refractivity contribution in [3.05, 3.63) is 100 Å². The number of ether oxygens (including phenoxy) is 1. The fourth-order valence-electron chi connectivity index (χ4n) is 3.78. The third-order valence-corrected chi connectivity index (χ3v) is 5.50. The highest BCUT2D eigenvalue weighted by Gasteiger charge is 2.47. The Kier molecular flexibility index (Phi) is 6.47. The number of pyridine rings is 1. The largest absolute Gasteiger partial charge is 0.507 e. The molecular weight excluding hydrogens is 456 g/mol. The molecule has 3 aromatic rings. The number of benzene rings is 2. The van der Waals surface area contributed by atoms with E-state index in [4.69, 9.17) is 16.3 Å². The second-order valence-corrected chi connectivity index (χ2v) is 8.40. The van der Waals surface area contributed by atoms with Crippen molar-refractivity contribution in [3.63, 3.8) is 0 Å². The molecule has 1 N–H and O–H groups in total. The smallest absolute Gasteiger partial charge is 0.338 e. The molecule has 1 fully saturated rings. The number of carbonyl (C=O) groups excluding carboxylic acids is 3. The summed E-state index contributed by atoms with van der Waals surface area (Å²) in [5, 5.41) is 11.4. The number of Topliss-reactive ketones (excluding diaryl/α,β-unsaturated/α-hetero) is 1. The maximum atomic E-state index is 13.2. The van der Waals surface area contributed by atoms with Crippen molar-refractivity contribution in [1.82, 2.24) is 4.98 Å². The van der Waals surface area contributed by atoms with Crippen LogP contribution >= 0.6 is 11.6 Å². The number of nitrogens with zero attached hydrogens (tertiary/aromatic N) is 2. The number of esters is 1. The molecule has 4 rings (SSSR count). The number of anilines is 1. The summed E-state index contributed by atoms with van der Waals surface area (Å²) in [5.41, 5.74) is 1.45. The average molecular weight is 477 g/mol. The van der Waals surface area contributed by atoms with Gasteiger partial charge in [0.1, 0.15) is 5.76 Å². The average Bonchev–Trinajstić information content (AvgIpc) is 3.09. The minimum Gasteiger partial charge on any atom is -0.507 e. The van der Waals surface area contributed by atoms with E-state index >= 15 is 0 Å². The van der Waals surface area contributed by atoms with Crippen LogP contribution in [-0.4, -0.2) is 33.9 Å². The molecule has 0 spiro atoms. The first-order valence-electron chi connectivity index (χ1n) is 10.6. The number of aromatic nitrogens is 1. The van der Waals surface area contributed by atoms with Gasteiger partial charge in [0.15, 0.2) is 0 Å². The highest BCUT2D eigenvalue weighted by atomic mass is 35.5. The topological polar surface area (TPSA) is 96.8 Å². The van der Waals surface area contributed by atoms with E-state index in [1.807, 2.05) is 0 Å². The summed E-state index contributed by atoms with van der Waals surface area (Å²) in [6.45, 7) is 3.50. The predicted molar refractivity (Wildman–Crippen MR) is 127 cm³/mol. The Bertz CT molecular complexity index is 1290. The van der Waals surface area contributed by atoms with Crippen molar-refractivity contribution in [3.8, 4) is 0 Å². The quantitative estimate of drug-likeness (QED) is 0.243. The second-order valence-electron chi connectivity index (χ2n) is 7.97. The Balaban J connectivity index is 1.83. The number of amides is 1. The molecule has 0 radical (unpaired) electrons. The highest BCUT2D eigenvalue weighted by molar-refractivity contribution is 6.51. The molecule has 1 saturated heterocycles. The van der Waals surface area contributed by atoms with Gasteiger partial charge in [-0.3, -0.25) is 19.5 Å². The first-order chi connectivity index (χ1) is 16.3. The van der Waals surface area contributed by atoms with Crippen LogP contribution in [0.25, 0.3) is 5.76 Å². The molecule has 1 atom stereocenters. The van der Waals surface area contributed by atoms with E-state index in [0.29, 0.717) is 27.4 Å². The molecule has 1 amide bonds. The van der Waals surface area contributed by atoms with E-state index in [-0.39, 0.29) is 17.4 Å². The molecule has 0 aliphatic carbocycles. The molecule has 0 bridgehead atoms. The number of halogens is 1. The van der Waals surface area contributed by atoms with Gasteiger partial charge in [-0.1, -0.05) is 29.8 Å². The van der Waals surface area contributed by atoms with Crippen LogP contribution in [0.4, 0.5) is 5.69 Å². The van der Waals surface area contributed by atoms with Crippen molar-refractivity contribution in [1.29, 1.82) is 0 Å². The molecule has 172 valence electrons. The Morgan fingerprint density at radius 1 is 1.06 bits per heavy atom. The van der Waals surface area contributed by atoms with E-state index in [1.165, 1.54) is 29.3 Å². The fourth-order valence-corrected chi connectivity index (χ4v) is 3.97. The van der Waals surface area contributed by atoms with Crippen LogP contribution in [0.15, 0.2) is 78.6 Å². The summed E-state index contributed by atoms with van der Waals surface area (Å²) in [7, 11) is 0. The van der Waals surface area contributed by atoms with Crippen molar-refractivity contribution >= 4 is 40.7 Å². The van der Waals surface area contributed by atoms with Crippen molar-refractivity contribution in [2.45, 2.75) is 26.0 Å². The first kappa shape index (κ1) is 23.2. The van der Waals surface area contributed by atoms with Crippen LogP contribution in [0.5, 0.6) is 0 Å². The van der Waals surface area contributed by atoms with Gasteiger partial charge in [0, 0.05) is 28.7 Å². The molecular formula is C26H21ClN2O5. The van der Waals surface area contributed by atoms with E-state index < -0.39 is 23.7 Å². The third kappa shape index (κ3) is 4.43. The fraction of sp³-hybridized carbons (Fsp3) is 0.154. The number of hydrogen-bond donors (Lipinski definition) is 1. The lowest BCUT2D eigenvalue weighted by atomic mass is 9.96. The van der Waals surface area contributed by atoms with Gasteiger partial charge in [-0.25, -0.2) is 4.79 Å². The van der Waals surface area contributed by atoms with E-state index in [9.17, 15) is 19.5 Å². The Hall–Kier alpha value is -3.97. The number of carbonyl (C=O) groups is 3. The third-order valence-electron chi connectivity index (χ3n) is 5.27. The van der Waals surface area contributed by atoms with Crippen LogP contribution in [0.3, 0.4) is 0 Å². The Morgan fingerprint density at radius 3 is 2.41 bits per heavy atom. The zero-order chi connectivity index (χ0) is 24.4.